The van der Waals surface area contributed by atoms with E-state index in [1.807, 2.05) is 6.07 Å². The minimum atomic E-state index is -0.183. The van der Waals surface area contributed by atoms with Gasteiger partial charge in [-0.25, -0.2) is 4.98 Å². The standard InChI is InChI=1S/C21H25N3O2S/c1-21(2,3)13-6-7-16-12(9-13)10-15-17(22)18(27-20(15)24-16)19(25)23-11-14-5-4-8-26-14/h4-5,8,10,13H,6-7,9,11,22H2,1-3H3,(H,23,25). The van der Waals surface area contributed by atoms with Gasteiger partial charge in [0.05, 0.1) is 18.5 Å². The summed E-state index contributed by atoms with van der Waals surface area (Å²) in [4.78, 5) is 18.8. The number of nitrogens with one attached hydrogen (secondary N) is 1. The quantitative estimate of drug-likeness (QED) is 0.695. The summed E-state index contributed by atoms with van der Waals surface area (Å²) >= 11 is 1.37. The van der Waals surface area contributed by atoms with E-state index in [0.29, 0.717) is 28.8 Å². The zero-order chi connectivity index (χ0) is 19.2. The van der Waals surface area contributed by atoms with Crippen molar-refractivity contribution in [1.29, 1.82) is 0 Å². The number of nitrogen functional groups attached to an aromatic ring is 1. The van der Waals surface area contributed by atoms with Gasteiger partial charge in [0.1, 0.15) is 15.5 Å². The van der Waals surface area contributed by atoms with Crippen LogP contribution in [0.1, 0.15) is 53.9 Å². The molecule has 3 aromatic heterocycles. The van der Waals surface area contributed by atoms with Crippen molar-refractivity contribution in [2.45, 2.75) is 46.6 Å². The van der Waals surface area contributed by atoms with E-state index >= 15 is 0 Å². The smallest absolute Gasteiger partial charge is 0.263 e. The third kappa shape index (κ3) is 3.46. The number of carbonyl (C=O) groups is 1. The van der Waals surface area contributed by atoms with Crippen molar-refractivity contribution < 1.29 is 9.21 Å². The Hall–Kier alpha value is -2.34. The van der Waals surface area contributed by atoms with Crippen LogP contribution in [0.15, 0.2) is 28.9 Å². The molecule has 5 nitrogen and oxygen atoms in total. The van der Waals surface area contributed by atoms with Crippen LogP contribution in [0.2, 0.25) is 0 Å². The number of pyridine rings is 1. The van der Waals surface area contributed by atoms with Crippen LogP contribution < -0.4 is 11.1 Å². The number of rotatable bonds is 3. The molecule has 142 valence electrons. The van der Waals surface area contributed by atoms with Crippen LogP contribution in [0.5, 0.6) is 0 Å². The maximum atomic E-state index is 12.6. The van der Waals surface area contributed by atoms with Gasteiger partial charge in [-0.15, -0.1) is 11.3 Å². The number of carbonyl (C=O) groups excluding carboxylic acids is 1. The maximum absolute atomic E-state index is 12.6. The van der Waals surface area contributed by atoms with Crippen LogP contribution >= 0.6 is 11.3 Å². The molecule has 0 saturated heterocycles. The highest BCUT2D eigenvalue weighted by atomic mass is 32.1. The molecule has 3 aromatic rings. The van der Waals surface area contributed by atoms with Crippen LogP contribution in [-0.2, 0) is 19.4 Å². The van der Waals surface area contributed by atoms with Gasteiger partial charge in [0.15, 0.2) is 0 Å². The summed E-state index contributed by atoms with van der Waals surface area (Å²) in [5.41, 5.74) is 9.58. The Morgan fingerprint density at radius 1 is 1.44 bits per heavy atom. The van der Waals surface area contributed by atoms with Gasteiger partial charge in [0.2, 0.25) is 0 Å². The first-order chi connectivity index (χ1) is 12.8. The second-order valence-electron chi connectivity index (χ2n) is 8.36. The Bertz CT molecular complexity index is 983. The number of fused-ring (bicyclic) bond motifs is 2. The van der Waals surface area contributed by atoms with Gasteiger partial charge < -0.3 is 15.5 Å². The van der Waals surface area contributed by atoms with Crippen molar-refractivity contribution in [1.82, 2.24) is 10.3 Å². The Balaban J connectivity index is 1.61. The van der Waals surface area contributed by atoms with Crippen molar-refractivity contribution in [3.05, 3.63) is 46.4 Å². The molecule has 0 radical (unpaired) electrons. The lowest BCUT2D eigenvalue weighted by Gasteiger charge is -2.34. The Morgan fingerprint density at radius 2 is 2.26 bits per heavy atom. The number of nitrogens with two attached hydrogens (primary N) is 1. The first-order valence-electron chi connectivity index (χ1n) is 9.34. The molecule has 4 rings (SSSR count). The Kier molecular flexibility index (Phi) is 4.46. The van der Waals surface area contributed by atoms with E-state index in [2.05, 4.69) is 32.2 Å². The maximum Gasteiger partial charge on any atom is 0.263 e. The summed E-state index contributed by atoms with van der Waals surface area (Å²) in [6, 6.07) is 5.79. The van der Waals surface area contributed by atoms with Crippen molar-refractivity contribution in [3.63, 3.8) is 0 Å². The van der Waals surface area contributed by atoms with E-state index in [1.165, 1.54) is 16.9 Å². The molecule has 27 heavy (non-hydrogen) atoms. The lowest BCUT2D eigenvalue weighted by atomic mass is 9.71. The molecule has 3 N–H and O–H groups in total. The average molecular weight is 384 g/mol. The fourth-order valence-electron chi connectivity index (χ4n) is 3.76. The van der Waals surface area contributed by atoms with E-state index in [-0.39, 0.29) is 11.3 Å². The highest BCUT2D eigenvalue weighted by Gasteiger charge is 2.30. The number of hydrogen-bond acceptors (Lipinski definition) is 5. The summed E-state index contributed by atoms with van der Waals surface area (Å²) in [5, 5.41) is 3.77. The van der Waals surface area contributed by atoms with Crippen LogP contribution in [0.3, 0.4) is 0 Å². The Morgan fingerprint density at radius 3 is 2.96 bits per heavy atom. The topological polar surface area (TPSA) is 81.2 Å². The van der Waals surface area contributed by atoms with Gasteiger partial charge in [-0.1, -0.05) is 20.8 Å². The fourth-order valence-corrected chi connectivity index (χ4v) is 4.77. The minimum absolute atomic E-state index is 0.183. The molecule has 0 spiro atoms. The Labute approximate surface area is 163 Å². The van der Waals surface area contributed by atoms with E-state index in [4.69, 9.17) is 15.1 Å². The lowest BCUT2D eigenvalue weighted by molar-refractivity contribution is 0.0953. The minimum Gasteiger partial charge on any atom is -0.467 e. The molecule has 1 aliphatic carbocycles. The summed E-state index contributed by atoms with van der Waals surface area (Å²) in [6.45, 7) is 7.25. The molecule has 0 aromatic carbocycles. The normalized spacial score (nSPS) is 17.1. The number of anilines is 1. The van der Waals surface area contributed by atoms with Gasteiger partial charge in [-0.3, -0.25) is 4.79 Å². The number of thiophene rings is 1. The first-order valence-corrected chi connectivity index (χ1v) is 10.2. The molecule has 6 heteroatoms. The van der Waals surface area contributed by atoms with E-state index in [0.717, 1.165) is 35.2 Å². The van der Waals surface area contributed by atoms with Crippen molar-refractivity contribution in [2.24, 2.45) is 11.3 Å². The number of furan rings is 1. The van der Waals surface area contributed by atoms with Crippen LogP contribution in [0, 0.1) is 11.3 Å². The monoisotopic (exact) mass is 383 g/mol. The van der Waals surface area contributed by atoms with Crippen LogP contribution in [0.4, 0.5) is 5.69 Å². The third-order valence-electron chi connectivity index (χ3n) is 5.52. The number of hydrogen-bond donors (Lipinski definition) is 2. The van der Waals surface area contributed by atoms with Crippen molar-refractivity contribution in [2.75, 3.05) is 5.73 Å². The molecule has 1 atom stereocenters. The molecular formula is C21H25N3O2S. The molecule has 1 amide bonds. The fraction of sp³-hybridized carbons (Fsp3) is 0.429. The first kappa shape index (κ1) is 18.0. The summed E-state index contributed by atoms with van der Waals surface area (Å²) < 4.78 is 5.26. The second-order valence-corrected chi connectivity index (χ2v) is 9.36. The predicted octanol–water partition coefficient (Wildman–Crippen LogP) is 4.55. The van der Waals surface area contributed by atoms with Gasteiger partial charge in [0.25, 0.3) is 5.91 Å². The number of amides is 1. The molecule has 1 unspecified atom stereocenters. The largest absolute Gasteiger partial charge is 0.467 e. The molecule has 0 bridgehead atoms. The van der Waals surface area contributed by atoms with E-state index < -0.39 is 0 Å². The highest BCUT2D eigenvalue weighted by molar-refractivity contribution is 7.21. The SMILES string of the molecule is CC(C)(C)C1CCc2nc3sc(C(=O)NCc4ccco4)c(N)c3cc2C1. The van der Waals surface area contributed by atoms with Gasteiger partial charge in [-0.2, -0.15) is 0 Å². The zero-order valence-corrected chi connectivity index (χ0v) is 16.8. The van der Waals surface area contributed by atoms with E-state index in [9.17, 15) is 4.79 Å². The molecule has 3 heterocycles. The third-order valence-corrected chi connectivity index (χ3v) is 6.63. The second kappa shape index (κ2) is 6.68. The zero-order valence-electron chi connectivity index (χ0n) is 16.0. The van der Waals surface area contributed by atoms with Gasteiger partial charge in [0, 0.05) is 11.1 Å². The molecule has 0 aliphatic heterocycles. The van der Waals surface area contributed by atoms with Gasteiger partial charge >= 0.3 is 0 Å². The van der Waals surface area contributed by atoms with Gasteiger partial charge in [-0.05, 0) is 54.4 Å². The number of nitrogens with zero attached hydrogens (tertiary/aromatic N) is 1. The van der Waals surface area contributed by atoms with Crippen molar-refractivity contribution in [3.8, 4) is 0 Å². The van der Waals surface area contributed by atoms with E-state index in [1.54, 1.807) is 12.3 Å². The predicted molar refractivity (Wildman–Crippen MR) is 109 cm³/mol. The highest BCUT2D eigenvalue weighted by Crippen LogP contribution is 2.40. The van der Waals surface area contributed by atoms with Crippen LogP contribution in [-0.4, -0.2) is 10.9 Å². The molecule has 0 fully saturated rings. The number of aryl methyl sites for hydroxylation is 1. The van der Waals surface area contributed by atoms with Crippen molar-refractivity contribution >= 4 is 33.1 Å². The summed E-state index contributed by atoms with van der Waals surface area (Å²) in [5.74, 6) is 1.17. The molecule has 0 saturated carbocycles. The summed E-state index contributed by atoms with van der Waals surface area (Å²) in [7, 11) is 0. The lowest BCUT2D eigenvalue weighted by Crippen LogP contribution is -2.27. The molecular weight excluding hydrogens is 358 g/mol. The molecule has 1 aliphatic rings. The summed E-state index contributed by atoms with van der Waals surface area (Å²) in [6.07, 6.45) is 4.77. The number of aromatic nitrogens is 1. The average Bonchev–Trinajstić information content (AvgIpc) is 3.25. The van der Waals surface area contributed by atoms with Crippen LogP contribution in [0.25, 0.3) is 10.2 Å².